The second-order valence-electron chi connectivity index (χ2n) is 6.63. The lowest BCUT2D eigenvalue weighted by Gasteiger charge is -2.44. The summed E-state index contributed by atoms with van der Waals surface area (Å²) in [6.45, 7) is 3.26. The van der Waals surface area contributed by atoms with Crippen LogP contribution in [0, 0.1) is 5.92 Å². The number of carbonyl (C=O) groups is 1. The van der Waals surface area contributed by atoms with E-state index in [4.69, 9.17) is 9.47 Å². The van der Waals surface area contributed by atoms with Gasteiger partial charge in [0.05, 0.1) is 7.11 Å². The molecule has 3 fully saturated rings. The van der Waals surface area contributed by atoms with Gasteiger partial charge in [0.1, 0.15) is 5.75 Å². The summed E-state index contributed by atoms with van der Waals surface area (Å²) < 4.78 is 10.8. The van der Waals surface area contributed by atoms with Crippen molar-refractivity contribution in [1.82, 2.24) is 10.2 Å². The lowest BCUT2D eigenvalue weighted by Crippen LogP contribution is -2.57. The molecule has 3 aliphatic rings. The first-order valence-corrected chi connectivity index (χ1v) is 9.48. The molecule has 3 aliphatic heterocycles. The van der Waals surface area contributed by atoms with Gasteiger partial charge in [-0.05, 0) is 61.7 Å². The largest absolute Gasteiger partial charge is 0.497 e. The van der Waals surface area contributed by atoms with Crippen LogP contribution in [0.25, 0.3) is 10.4 Å². The third-order valence-electron chi connectivity index (χ3n) is 5.09. The highest BCUT2D eigenvalue weighted by atomic mass is 32.1. The Kier molecular flexibility index (Phi) is 4.63. The number of methoxy groups -OCH3 is 1. The van der Waals surface area contributed by atoms with Crippen molar-refractivity contribution in [2.24, 2.45) is 5.92 Å². The Hall–Kier alpha value is -2.05. The van der Waals surface area contributed by atoms with E-state index in [2.05, 4.69) is 10.2 Å². The molecule has 0 unspecified atom stereocenters. The molecule has 1 aromatic carbocycles. The molecule has 2 bridgehead atoms. The van der Waals surface area contributed by atoms with Gasteiger partial charge in [0.2, 0.25) is 0 Å². The maximum absolute atomic E-state index is 12.2. The monoisotopic (exact) mass is 358 g/mol. The van der Waals surface area contributed by atoms with E-state index >= 15 is 0 Å². The van der Waals surface area contributed by atoms with Crippen LogP contribution in [0.3, 0.4) is 0 Å². The fraction of sp³-hybridized carbons (Fsp3) is 0.421. The molecule has 1 N–H and O–H groups in total. The maximum Gasteiger partial charge on any atom is 0.413 e. The quantitative estimate of drug-likeness (QED) is 0.907. The number of ether oxygens (including phenoxy) is 2. The van der Waals surface area contributed by atoms with E-state index in [1.165, 1.54) is 24.2 Å². The number of hydrogen-bond acceptors (Lipinski definition) is 5. The number of hydrogen-bond donors (Lipinski definition) is 1. The number of nitrogens with zero attached hydrogens (tertiary/aromatic N) is 1. The fourth-order valence-corrected chi connectivity index (χ4v) is 4.56. The third-order valence-corrected chi connectivity index (χ3v) is 6.10. The summed E-state index contributed by atoms with van der Waals surface area (Å²) in [5, 5.41) is 3.66. The highest BCUT2D eigenvalue weighted by molar-refractivity contribution is 7.17. The number of amides is 1. The van der Waals surface area contributed by atoms with E-state index in [9.17, 15) is 4.79 Å². The number of nitrogens with one attached hydrogen (secondary N) is 1. The molecule has 6 heteroatoms. The zero-order chi connectivity index (χ0) is 17.2. The van der Waals surface area contributed by atoms with Crippen molar-refractivity contribution in [2.45, 2.75) is 18.9 Å². The number of rotatable bonds is 4. The summed E-state index contributed by atoms with van der Waals surface area (Å²) in [5.41, 5.74) is 1.05. The number of piperidine rings is 3. The molecule has 3 saturated heterocycles. The molecule has 1 atom stereocenters. The van der Waals surface area contributed by atoms with Gasteiger partial charge < -0.3 is 19.7 Å². The van der Waals surface area contributed by atoms with E-state index in [0.29, 0.717) is 11.0 Å². The molecule has 5 nitrogen and oxygen atoms in total. The van der Waals surface area contributed by atoms with Crippen LogP contribution in [-0.2, 0) is 0 Å². The second kappa shape index (κ2) is 7.06. The van der Waals surface area contributed by atoms with Crippen molar-refractivity contribution in [1.29, 1.82) is 0 Å². The molecular formula is C19H22N2O3S. The van der Waals surface area contributed by atoms with E-state index in [1.54, 1.807) is 7.11 Å². The molecule has 0 spiro atoms. The van der Waals surface area contributed by atoms with Crippen molar-refractivity contribution >= 4 is 17.4 Å². The Morgan fingerprint density at radius 2 is 2.08 bits per heavy atom. The summed E-state index contributed by atoms with van der Waals surface area (Å²) >= 11 is 1.46. The summed E-state index contributed by atoms with van der Waals surface area (Å²) in [6.07, 6.45) is 1.99. The van der Waals surface area contributed by atoms with Crippen molar-refractivity contribution < 1.29 is 14.3 Å². The van der Waals surface area contributed by atoms with Gasteiger partial charge >= 0.3 is 6.09 Å². The molecule has 1 amide bonds. The predicted octanol–water partition coefficient (Wildman–Crippen LogP) is 3.61. The van der Waals surface area contributed by atoms with Gasteiger partial charge in [-0.2, -0.15) is 0 Å². The van der Waals surface area contributed by atoms with Crippen LogP contribution in [0.1, 0.15) is 12.8 Å². The van der Waals surface area contributed by atoms with Gasteiger partial charge in [-0.15, -0.1) is 0 Å². The van der Waals surface area contributed by atoms with Crippen molar-refractivity contribution in [2.75, 3.05) is 26.7 Å². The minimum Gasteiger partial charge on any atom is -0.497 e. The van der Waals surface area contributed by atoms with E-state index in [-0.39, 0.29) is 12.1 Å². The number of carbonyl (C=O) groups excluding carboxylic acids is 1. The predicted molar refractivity (Wildman–Crippen MR) is 98.4 cm³/mol. The average molecular weight is 358 g/mol. The average Bonchev–Trinajstić information content (AvgIpc) is 3.11. The van der Waals surface area contributed by atoms with E-state index in [1.807, 2.05) is 36.4 Å². The fourth-order valence-electron chi connectivity index (χ4n) is 3.71. The lowest BCUT2D eigenvalue weighted by molar-refractivity contribution is 0.0726. The molecule has 0 aliphatic carbocycles. The van der Waals surface area contributed by atoms with Crippen LogP contribution in [0.15, 0.2) is 36.4 Å². The van der Waals surface area contributed by atoms with Crippen LogP contribution in [0.4, 0.5) is 4.79 Å². The van der Waals surface area contributed by atoms with Gasteiger partial charge in [-0.3, -0.25) is 0 Å². The molecule has 0 saturated carbocycles. The standard InChI is InChI=1S/C19H22N2O3S/c1-23-15-4-2-3-14(11-15)17-5-6-18(25-17)24-19(22)20-16-12-21-9-7-13(16)8-10-21/h2-6,11,13,16H,7-10,12H2,1H3,(H,20,22)/t16-/m0/s1. The first-order valence-electron chi connectivity index (χ1n) is 8.66. The van der Waals surface area contributed by atoms with Gasteiger partial charge in [-0.25, -0.2) is 4.79 Å². The SMILES string of the molecule is COc1cccc(-c2ccc(OC(=O)N[C@H]3CN4CCC3CC4)s2)c1. The Morgan fingerprint density at radius 3 is 2.80 bits per heavy atom. The van der Waals surface area contributed by atoms with Gasteiger partial charge in [0, 0.05) is 17.5 Å². The number of fused-ring (bicyclic) bond motifs is 3. The molecule has 5 rings (SSSR count). The molecule has 1 aromatic heterocycles. The lowest BCUT2D eigenvalue weighted by atomic mass is 9.84. The first kappa shape index (κ1) is 16.4. The molecule has 132 valence electrons. The number of benzene rings is 1. The molecule has 4 heterocycles. The Morgan fingerprint density at radius 1 is 1.24 bits per heavy atom. The van der Waals surface area contributed by atoms with Gasteiger partial charge in [0.15, 0.2) is 5.06 Å². The normalized spacial score (nSPS) is 24.8. The van der Waals surface area contributed by atoms with Crippen molar-refractivity contribution in [3.05, 3.63) is 36.4 Å². The zero-order valence-corrected chi connectivity index (χ0v) is 15.1. The van der Waals surface area contributed by atoms with Crippen LogP contribution in [0.5, 0.6) is 10.8 Å². The highest BCUT2D eigenvalue weighted by Crippen LogP contribution is 2.34. The minimum absolute atomic E-state index is 0.216. The molecule has 2 aromatic rings. The third kappa shape index (κ3) is 3.65. The summed E-state index contributed by atoms with van der Waals surface area (Å²) in [5.74, 6) is 1.40. The highest BCUT2D eigenvalue weighted by Gasteiger charge is 2.35. The van der Waals surface area contributed by atoms with Gasteiger partial charge in [0.25, 0.3) is 0 Å². The smallest absolute Gasteiger partial charge is 0.413 e. The van der Waals surface area contributed by atoms with Gasteiger partial charge in [-0.1, -0.05) is 23.5 Å². The molecule has 25 heavy (non-hydrogen) atoms. The first-order chi connectivity index (χ1) is 12.2. The van der Waals surface area contributed by atoms with Crippen LogP contribution < -0.4 is 14.8 Å². The Balaban J connectivity index is 1.38. The minimum atomic E-state index is -0.349. The van der Waals surface area contributed by atoms with E-state index < -0.39 is 0 Å². The summed E-state index contributed by atoms with van der Waals surface area (Å²) in [4.78, 5) is 15.7. The van der Waals surface area contributed by atoms with Crippen LogP contribution in [0.2, 0.25) is 0 Å². The Labute approximate surface area is 151 Å². The summed E-state index contributed by atoms with van der Waals surface area (Å²) in [7, 11) is 1.65. The maximum atomic E-state index is 12.2. The second-order valence-corrected chi connectivity index (χ2v) is 7.68. The van der Waals surface area contributed by atoms with E-state index in [0.717, 1.165) is 35.8 Å². The summed E-state index contributed by atoms with van der Waals surface area (Å²) in [6, 6.07) is 11.9. The molecular weight excluding hydrogens is 336 g/mol. The zero-order valence-electron chi connectivity index (χ0n) is 14.2. The van der Waals surface area contributed by atoms with Crippen LogP contribution >= 0.6 is 11.3 Å². The number of thiophene rings is 1. The topological polar surface area (TPSA) is 50.8 Å². The van der Waals surface area contributed by atoms with Crippen molar-refractivity contribution in [3.8, 4) is 21.3 Å². The Bertz CT molecular complexity index is 753. The molecule has 0 radical (unpaired) electrons. The van der Waals surface area contributed by atoms with Crippen molar-refractivity contribution in [3.63, 3.8) is 0 Å². The van der Waals surface area contributed by atoms with Crippen LogP contribution in [-0.4, -0.2) is 43.8 Å².